The van der Waals surface area contributed by atoms with Crippen LogP contribution in [0, 0.1) is 11.6 Å². The van der Waals surface area contributed by atoms with Gasteiger partial charge in [-0.25, -0.2) is 23.1 Å². The first kappa shape index (κ1) is 19.1. The number of carboxylic acid groups (broad SMARTS) is 1. The zero-order valence-electron chi connectivity index (χ0n) is 15.3. The van der Waals surface area contributed by atoms with Crippen LogP contribution in [0.25, 0.3) is 16.6 Å². The van der Waals surface area contributed by atoms with Crippen molar-refractivity contribution in [3.8, 4) is 11.1 Å². The Bertz CT molecular complexity index is 1080. The molecule has 1 atom stereocenters. The Hall–Kier alpha value is -3.27. The lowest BCUT2D eigenvalue weighted by Crippen LogP contribution is -2.38. The molecule has 29 heavy (non-hydrogen) atoms. The molecule has 0 aliphatic carbocycles. The Morgan fingerprint density at radius 3 is 2.66 bits per heavy atom. The number of halogens is 2. The number of nitrogens with zero attached hydrogens (tertiary/aromatic N) is 4. The molecule has 1 aliphatic rings. The fourth-order valence-corrected chi connectivity index (χ4v) is 3.90. The van der Waals surface area contributed by atoms with Crippen LogP contribution in [0.1, 0.15) is 30.0 Å². The number of hydrogen-bond acceptors (Lipinski definition) is 5. The number of carbonyl (C=O) groups is 1. The molecular weight excluding hydrogens is 384 g/mol. The molecular formula is C19H19F2N5O3. The van der Waals surface area contributed by atoms with E-state index in [0.717, 1.165) is 18.6 Å². The maximum absolute atomic E-state index is 14.3. The molecule has 0 saturated carbocycles. The molecule has 0 bridgehead atoms. The van der Waals surface area contributed by atoms with Crippen LogP contribution in [0.5, 0.6) is 0 Å². The lowest BCUT2D eigenvalue weighted by atomic mass is 9.94. The lowest BCUT2D eigenvalue weighted by Gasteiger charge is -2.30. The maximum Gasteiger partial charge on any atom is 0.407 e. The first-order chi connectivity index (χ1) is 13.9. The van der Waals surface area contributed by atoms with Gasteiger partial charge in [-0.3, -0.25) is 0 Å². The average molecular weight is 403 g/mol. The molecule has 1 aromatic carbocycles. The van der Waals surface area contributed by atoms with Crippen molar-refractivity contribution in [3.05, 3.63) is 47.4 Å². The van der Waals surface area contributed by atoms with E-state index in [4.69, 9.17) is 10.8 Å². The van der Waals surface area contributed by atoms with Crippen LogP contribution in [-0.2, 0) is 6.61 Å². The molecule has 0 spiro atoms. The molecule has 3 aromatic rings. The summed E-state index contributed by atoms with van der Waals surface area (Å²) in [5, 5.41) is 22.7. The van der Waals surface area contributed by atoms with E-state index in [-0.39, 0.29) is 23.8 Å². The van der Waals surface area contributed by atoms with Crippen molar-refractivity contribution in [3.63, 3.8) is 0 Å². The molecule has 2 aromatic heterocycles. The summed E-state index contributed by atoms with van der Waals surface area (Å²) in [7, 11) is 0. The van der Waals surface area contributed by atoms with Crippen LogP contribution in [0.15, 0.2) is 24.5 Å². The van der Waals surface area contributed by atoms with E-state index < -0.39 is 29.9 Å². The van der Waals surface area contributed by atoms with Crippen molar-refractivity contribution >= 4 is 17.4 Å². The molecule has 1 fully saturated rings. The van der Waals surface area contributed by atoms with Crippen LogP contribution in [0.2, 0.25) is 0 Å². The van der Waals surface area contributed by atoms with Gasteiger partial charge in [0.05, 0.1) is 6.61 Å². The summed E-state index contributed by atoms with van der Waals surface area (Å²) < 4.78 is 30.1. The molecule has 152 valence electrons. The van der Waals surface area contributed by atoms with Crippen molar-refractivity contribution in [2.75, 3.05) is 18.8 Å². The van der Waals surface area contributed by atoms with Gasteiger partial charge in [0, 0.05) is 35.8 Å². The Morgan fingerprint density at radius 1 is 1.28 bits per heavy atom. The normalized spacial score (nSPS) is 17.1. The van der Waals surface area contributed by atoms with Gasteiger partial charge in [-0.15, -0.1) is 0 Å². The highest BCUT2D eigenvalue weighted by Gasteiger charge is 2.28. The summed E-state index contributed by atoms with van der Waals surface area (Å²) in [6, 6.07) is 3.98. The zero-order chi connectivity index (χ0) is 20.7. The number of amides is 1. The summed E-state index contributed by atoms with van der Waals surface area (Å²) in [6.45, 7) is -0.00676. The van der Waals surface area contributed by atoms with E-state index in [1.807, 2.05) is 0 Å². The average Bonchev–Trinajstić information content (AvgIpc) is 3.09. The second kappa shape index (κ2) is 7.28. The number of hydrogen-bond donors (Lipinski definition) is 3. The van der Waals surface area contributed by atoms with Crippen molar-refractivity contribution in [1.29, 1.82) is 0 Å². The van der Waals surface area contributed by atoms with Crippen molar-refractivity contribution in [2.45, 2.75) is 25.4 Å². The van der Waals surface area contributed by atoms with Gasteiger partial charge in [-0.05, 0) is 36.6 Å². The van der Waals surface area contributed by atoms with Crippen molar-refractivity contribution in [1.82, 2.24) is 19.5 Å². The third kappa shape index (κ3) is 3.25. The number of aliphatic hydroxyl groups is 1. The first-order valence-corrected chi connectivity index (χ1v) is 9.09. The van der Waals surface area contributed by atoms with E-state index in [1.165, 1.54) is 11.2 Å². The monoisotopic (exact) mass is 403 g/mol. The number of rotatable bonds is 3. The highest BCUT2D eigenvalue weighted by atomic mass is 19.1. The van der Waals surface area contributed by atoms with E-state index in [9.17, 15) is 18.7 Å². The van der Waals surface area contributed by atoms with Gasteiger partial charge < -0.3 is 20.8 Å². The number of nitrogen functional groups attached to an aromatic ring is 1. The first-order valence-electron chi connectivity index (χ1n) is 9.09. The molecule has 1 unspecified atom stereocenters. The minimum absolute atomic E-state index is 0.138. The fourth-order valence-electron chi connectivity index (χ4n) is 3.90. The highest BCUT2D eigenvalue weighted by Crippen LogP contribution is 2.37. The number of benzene rings is 1. The summed E-state index contributed by atoms with van der Waals surface area (Å²) in [5.74, 6) is -1.75. The van der Waals surface area contributed by atoms with Crippen LogP contribution < -0.4 is 5.73 Å². The van der Waals surface area contributed by atoms with Crippen LogP contribution >= 0.6 is 0 Å². The number of anilines is 1. The largest absolute Gasteiger partial charge is 0.465 e. The smallest absolute Gasteiger partial charge is 0.407 e. The Kier molecular flexibility index (Phi) is 4.79. The minimum Gasteiger partial charge on any atom is -0.465 e. The number of aliphatic hydroxyl groups excluding tert-OH is 1. The Balaban J connectivity index is 1.88. The number of aromatic nitrogens is 3. The Morgan fingerprint density at radius 2 is 2.00 bits per heavy atom. The number of nitrogens with two attached hydrogens (primary N) is 1. The van der Waals surface area contributed by atoms with Gasteiger partial charge in [0.25, 0.3) is 0 Å². The standard InChI is InChI=1S/C19H19F2N5O3/c20-14-4-11(5-15(21)13(14)8-27)12-6-16(26-17(12)18(22)23-9-24-26)10-2-1-3-25(7-10)19(28)29/h4-6,9-10,27H,1-3,7-8H2,(H,28,29)(H2,22,23,24). The quantitative estimate of drug-likeness (QED) is 0.619. The number of fused-ring (bicyclic) bond motifs is 1. The molecule has 1 saturated heterocycles. The number of likely N-dealkylation sites (tertiary alicyclic amines) is 1. The molecule has 4 N–H and O–H groups in total. The van der Waals surface area contributed by atoms with Crippen molar-refractivity contribution < 1.29 is 23.8 Å². The van der Waals surface area contributed by atoms with Crippen LogP contribution in [-0.4, -0.2) is 48.9 Å². The summed E-state index contributed by atoms with van der Waals surface area (Å²) in [4.78, 5) is 16.7. The second-order valence-electron chi connectivity index (χ2n) is 7.03. The minimum atomic E-state index is -0.992. The third-order valence-electron chi connectivity index (χ3n) is 5.33. The number of piperidine rings is 1. The zero-order valence-corrected chi connectivity index (χ0v) is 15.3. The van der Waals surface area contributed by atoms with Gasteiger partial charge >= 0.3 is 6.09 Å². The van der Waals surface area contributed by atoms with Crippen LogP contribution in [0.4, 0.5) is 19.4 Å². The van der Waals surface area contributed by atoms with Crippen LogP contribution in [0.3, 0.4) is 0 Å². The SMILES string of the molecule is Nc1ncnn2c(C3CCCN(C(=O)O)C3)cc(-c3cc(F)c(CO)c(F)c3)c12. The lowest BCUT2D eigenvalue weighted by molar-refractivity contribution is 0.130. The fraction of sp³-hybridized carbons (Fsp3) is 0.316. The molecule has 8 nitrogen and oxygen atoms in total. The molecule has 3 heterocycles. The second-order valence-corrected chi connectivity index (χ2v) is 7.03. The summed E-state index contributed by atoms with van der Waals surface area (Å²) >= 11 is 0. The summed E-state index contributed by atoms with van der Waals surface area (Å²) in [6.07, 6.45) is 1.72. The van der Waals surface area contributed by atoms with E-state index in [2.05, 4.69) is 10.1 Å². The molecule has 0 radical (unpaired) electrons. The van der Waals surface area contributed by atoms with E-state index in [1.54, 1.807) is 10.6 Å². The predicted octanol–water partition coefficient (Wildman–Crippen LogP) is 2.61. The van der Waals surface area contributed by atoms with Gasteiger partial charge in [0.1, 0.15) is 23.5 Å². The van der Waals surface area contributed by atoms with E-state index in [0.29, 0.717) is 29.7 Å². The maximum atomic E-state index is 14.3. The van der Waals surface area contributed by atoms with Gasteiger partial charge in [-0.2, -0.15) is 5.10 Å². The van der Waals surface area contributed by atoms with Gasteiger partial charge in [-0.1, -0.05) is 0 Å². The molecule has 4 rings (SSSR count). The Labute approximate surface area is 164 Å². The van der Waals surface area contributed by atoms with E-state index >= 15 is 0 Å². The van der Waals surface area contributed by atoms with Gasteiger partial charge in [0.2, 0.25) is 0 Å². The van der Waals surface area contributed by atoms with Gasteiger partial charge in [0.15, 0.2) is 5.82 Å². The molecule has 1 amide bonds. The predicted molar refractivity (Wildman–Crippen MR) is 100 cm³/mol. The molecule has 1 aliphatic heterocycles. The third-order valence-corrected chi connectivity index (χ3v) is 5.33. The summed E-state index contributed by atoms with van der Waals surface area (Å²) in [5.41, 5.74) is 7.39. The highest BCUT2D eigenvalue weighted by molar-refractivity contribution is 5.88. The van der Waals surface area contributed by atoms with Crippen molar-refractivity contribution in [2.24, 2.45) is 0 Å². The molecule has 10 heteroatoms. The topological polar surface area (TPSA) is 117 Å².